The molecule has 152 valence electrons. The fourth-order valence-electron chi connectivity index (χ4n) is 3.52. The van der Waals surface area contributed by atoms with E-state index in [0.717, 1.165) is 36.5 Å². The highest BCUT2D eigenvalue weighted by molar-refractivity contribution is 7.92. The first-order chi connectivity index (χ1) is 12.8. The Morgan fingerprint density at radius 3 is 2.63 bits per heavy atom. The van der Waals surface area contributed by atoms with Crippen LogP contribution in [0.4, 0.5) is 10.1 Å². The first kappa shape index (κ1) is 21.6. The number of hydrogen-bond acceptors (Lipinski definition) is 4. The Morgan fingerprint density at radius 2 is 2.00 bits per heavy atom. The highest BCUT2D eigenvalue weighted by atomic mass is 32.2. The molecule has 27 heavy (non-hydrogen) atoms. The molecule has 0 aromatic heterocycles. The van der Waals surface area contributed by atoms with Crippen molar-refractivity contribution < 1.29 is 17.6 Å². The van der Waals surface area contributed by atoms with E-state index in [0.29, 0.717) is 12.6 Å². The number of rotatable bonds is 9. The normalized spacial score (nSPS) is 18.3. The maximum Gasteiger partial charge on any atom is 0.240 e. The minimum Gasteiger partial charge on any atom is -0.354 e. The summed E-state index contributed by atoms with van der Waals surface area (Å²) in [6.45, 7) is 4.45. The minimum atomic E-state index is -3.64. The van der Waals surface area contributed by atoms with Gasteiger partial charge in [-0.05, 0) is 56.5 Å². The van der Waals surface area contributed by atoms with Gasteiger partial charge in [-0.15, -0.1) is 0 Å². The summed E-state index contributed by atoms with van der Waals surface area (Å²) < 4.78 is 38.1. The molecule has 1 aromatic rings. The molecule has 0 spiro atoms. The molecule has 1 unspecified atom stereocenters. The van der Waals surface area contributed by atoms with Crippen LogP contribution in [-0.4, -0.2) is 57.7 Å². The Hall–Kier alpha value is -1.67. The van der Waals surface area contributed by atoms with Gasteiger partial charge >= 0.3 is 0 Å². The van der Waals surface area contributed by atoms with Gasteiger partial charge in [0.2, 0.25) is 15.9 Å². The third kappa shape index (κ3) is 6.77. The Bertz CT molecular complexity index is 709. The number of hydrogen-bond donors (Lipinski definition) is 1. The van der Waals surface area contributed by atoms with Gasteiger partial charge in [-0.3, -0.25) is 9.10 Å². The average molecular weight is 400 g/mol. The number of benzene rings is 1. The molecule has 6 nitrogen and oxygen atoms in total. The second-order valence-corrected chi connectivity index (χ2v) is 8.95. The number of anilines is 1. The predicted molar refractivity (Wildman–Crippen MR) is 106 cm³/mol. The Kier molecular flexibility index (Phi) is 8.04. The predicted octanol–water partition coefficient (Wildman–Crippen LogP) is 2.36. The zero-order chi connectivity index (χ0) is 19.9. The minimum absolute atomic E-state index is 0.271. The van der Waals surface area contributed by atoms with Gasteiger partial charge in [-0.25, -0.2) is 12.8 Å². The fourth-order valence-corrected chi connectivity index (χ4v) is 4.38. The number of likely N-dealkylation sites (tertiary alicyclic amines) is 1. The Balaban J connectivity index is 1.82. The van der Waals surface area contributed by atoms with Gasteiger partial charge in [-0.1, -0.05) is 13.3 Å². The van der Waals surface area contributed by atoms with E-state index in [-0.39, 0.29) is 18.1 Å². The van der Waals surface area contributed by atoms with Crippen molar-refractivity contribution in [3.63, 3.8) is 0 Å². The van der Waals surface area contributed by atoms with E-state index < -0.39 is 15.8 Å². The molecule has 0 saturated carbocycles. The lowest BCUT2D eigenvalue weighted by Crippen LogP contribution is -2.42. The topological polar surface area (TPSA) is 69.7 Å². The smallest absolute Gasteiger partial charge is 0.240 e. The first-order valence-corrected chi connectivity index (χ1v) is 11.4. The van der Waals surface area contributed by atoms with Crippen molar-refractivity contribution in [1.82, 2.24) is 10.2 Å². The largest absolute Gasteiger partial charge is 0.354 e. The molecule has 1 N–H and O–H groups in total. The molecular formula is C19H30FN3O3S. The molecule has 8 heteroatoms. The van der Waals surface area contributed by atoms with Crippen molar-refractivity contribution in [3.8, 4) is 0 Å². The number of carbonyl (C=O) groups excluding carboxylic acids is 1. The number of halogens is 1. The van der Waals surface area contributed by atoms with E-state index in [9.17, 15) is 17.6 Å². The summed E-state index contributed by atoms with van der Waals surface area (Å²) in [6, 6.07) is 5.69. The van der Waals surface area contributed by atoms with Gasteiger partial charge in [0.1, 0.15) is 12.4 Å². The molecule has 1 fully saturated rings. The summed E-state index contributed by atoms with van der Waals surface area (Å²) in [5.41, 5.74) is 0.271. The van der Waals surface area contributed by atoms with Crippen LogP contribution in [0.2, 0.25) is 0 Å². The highest BCUT2D eigenvalue weighted by Crippen LogP contribution is 2.19. The summed E-state index contributed by atoms with van der Waals surface area (Å²) in [5, 5.41) is 2.79. The lowest BCUT2D eigenvalue weighted by molar-refractivity contribution is -0.119. The quantitative estimate of drug-likeness (QED) is 0.647. The van der Waals surface area contributed by atoms with Crippen LogP contribution in [0.1, 0.15) is 39.0 Å². The third-order valence-corrected chi connectivity index (χ3v) is 6.11. The molecule has 1 aromatic carbocycles. The zero-order valence-electron chi connectivity index (χ0n) is 16.2. The molecule has 1 saturated heterocycles. The summed E-state index contributed by atoms with van der Waals surface area (Å²) in [7, 11) is -3.64. The SMILES string of the molecule is CCC1CCCCN1CCCNC(=O)CN(c1ccc(F)cc1)S(C)(=O)=O. The molecule has 1 heterocycles. The second kappa shape index (κ2) is 10.0. The van der Waals surface area contributed by atoms with Crippen LogP contribution in [0.5, 0.6) is 0 Å². The summed E-state index contributed by atoms with van der Waals surface area (Å²) >= 11 is 0. The van der Waals surface area contributed by atoms with Gasteiger partial charge < -0.3 is 10.2 Å². The molecule has 0 aliphatic carbocycles. The van der Waals surface area contributed by atoms with Crippen LogP contribution in [0.3, 0.4) is 0 Å². The van der Waals surface area contributed by atoms with Gasteiger partial charge in [0, 0.05) is 19.1 Å². The lowest BCUT2D eigenvalue weighted by Gasteiger charge is -2.35. The fraction of sp³-hybridized carbons (Fsp3) is 0.632. The van der Waals surface area contributed by atoms with Crippen LogP contribution in [0.15, 0.2) is 24.3 Å². The van der Waals surface area contributed by atoms with Crippen molar-refractivity contribution in [2.24, 2.45) is 0 Å². The zero-order valence-corrected chi connectivity index (χ0v) is 17.0. The van der Waals surface area contributed by atoms with E-state index in [1.54, 1.807) is 0 Å². The first-order valence-electron chi connectivity index (χ1n) is 9.55. The van der Waals surface area contributed by atoms with Crippen LogP contribution in [0, 0.1) is 5.82 Å². The van der Waals surface area contributed by atoms with E-state index in [1.165, 1.54) is 43.5 Å². The van der Waals surface area contributed by atoms with Gasteiger partial charge in [-0.2, -0.15) is 0 Å². The number of carbonyl (C=O) groups is 1. The van der Waals surface area contributed by atoms with Crippen molar-refractivity contribution in [1.29, 1.82) is 0 Å². The maximum atomic E-state index is 13.1. The number of nitrogens with one attached hydrogen (secondary N) is 1. The van der Waals surface area contributed by atoms with Crippen LogP contribution >= 0.6 is 0 Å². The molecule has 2 rings (SSSR count). The van der Waals surface area contributed by atoms with E-state index in [4.69, 9.17) is 0 Å². The molecule has 1 aliphatic rings. The van der Waals surface area contributed by atoms with E-state index in [2.05, 4.69) is 17.1 Å². The monoisotopic (exact) mass is 399 g/mol. The van der Waals surface area contributed by atoms with E-state index >= 15 is 0 Å². The van der Waals surface area contributed by atoms with Crippen molar-refractivity contribution in [2.75, 3.05) is 36.7 Å². The summed E-state index contributed by atoms with van der Waals surface area (Å²) in [4.78, 5) is 14.7. The molecule has 0 bridgehead atoms. The van der Waals surface area contributed by atoms with Crippen LogP contribution in [-0.2, 0) is 14.8 Å². The Labute approximate surface area is 161 Å². The molecule has 1 atom stereocenters. The standard InChI is InChI=1S/C19H30FN3O3S/c1-3-17-7-4-5-13-22(17)14-6-12-21-19(24)15-23(27(2,25)26)18-10-8-16(20)9-11-18/h8-11,17H,3-7,12-15H2,1-2H3,(H,21,24). The number of amides is 1. The summed E-state index contributed by atoms with van der Waals surface area (Å²) in [6.07, 6.45) is 6.76. The van der Waals surface area contributed by atoms with Crippen LogP contribution in [0.25, 0.3) is 0 Å². The van der Waals surface area contributed by atoms with Crippen molar-refractivity contribution in [3.05, 3.63) is 30.1 Å². The van der Waals surface area contributed by atoms with Crippen molar-refractivity contribution in [2.45, 2.75) is 45.1 Å². The van der Waals surface area contributed by atoms with Gasteiger partial charge in [0.25, 0.3) is 0 Å². The van der Waals surface area contributed by atoms with Crippen LogP contribution < -0.4 is 9.62 Å². The second-order valence-electron chi connectivity index (χ2n) is 7.04. The summed E-state index contributed by atoms with van der Waals surface area (Å²) in [5.74, 6) is -0.824. The highest BCUT2D eigenvalue weighted by Gasteiger charge is 2.22. The number of sulfonamides is 1. The lowest BCUT2D eigenvalue weighted by atomic mass is 10.00. The third-order valence-electron chi connectivity index (χ3n) is 4.97. The van der Waals surface area contributed by atoms with Gasteiger partial charge in [0.05, 0.1) is 11.9 Å². The van der Waals surface area contributed by atoms with Gasteiger partial charge in [0.15, 0.2) is 0 Å². The molecular weight excluding hydrogens is 369 g/mol. The Morgan fingerprint density at radius 1 is 1.30 bits per heavy atom. The number of nitrogens with zero attached hydrogens (tertiary/aromatic N) is 2. The average Bonchev–Trinajstić information content (AvgIpc) is 2.63. The molecule has 1 amide bonds. The molecule has 1 aliphatic heterocycles. The maximum absolute atomic E-state index is 13.1. The number of piperidine rings is 1. The van der Waals surface area contributed by atoms with Crippen molar-refractivity contribution >= 4 is 21.6 Å². The molecule has 0 radical (unpaired) electrons. The van der Waals surface area contributed by atoms with E-state index in [1.807, 2.05) is 0 Å².